The average molecular weight is 327 g/mol. The van der Waals surface area contributed by atoms with E-state index in [0.29, 0.717) is 19.6 Å². The highest BCUT2D eigenvalue weighted by molar-refractivity contribution is 5.76. The summed E-state index contributed by atoms with van der Waals surface area (Å²) >= 11 is 0. The van der Waals surface area contributed by atoms with E-state index in [1.165, 1.54) is 5.56 Å². The van der Waals surface area contributed by atoms with Crippen molar-refractivity contribution in [2.45, 2.75) is 40.3 Å². The standard InChI is InChI=1S/C20H25NO3/c1-14-10-15(2)16(3)19(11-14)24-9-8-20(23)21-12-17-6-4-5-7-18(17)13-22/h4-7,10-11,22H,8-9,12-13H2,1-3H3,(H,21,23). The fourth-order valence-electron chi connectivity index (χ4n) is 2.57. The molecule has 0 aromatic heterocycles. The zero-order valence-electron chi connectivity index (χ0n) is 14.6. The first-order chi connectivity index (χ1) is 11.5. The Bertz CT molecular complexity index is 710. The number of aliphatic hydroxyl groups excluding tert-OH is 1. The molecule has 0 aliphatic carbocycles. The van der Waals surface area contributed by atoms with E-state index in [-0.39, 0.29) is 12.5 Å². The van der Waals surface area contributed by atoms with Gasteiger partial charge in [0.2, 0.25) is 5.91 Å². The van der Waals surface area contributed by atoms with Gasteiger partial charge >= 0.3 is 0 Å². The van der Waals surface area contributed by atoms with Crippen molar-refractivity contribution in [3.05, 3.63) is 64.2 Å². The van der Waals surface area contributed by atoms with Crippen molar-refractivity contribution in [2.24, 2.45) is 0 Å². The minimum atomic E-state index is -0.0650. The Hall–Kier alpha value is -2.33. The Morgan fingerprint density at radius 1 is 1.12 bits per heavy atom. The van der Waals surface area contributed by atoms with Crippen LogP contribution >= 0.6 is 0 Å². The normalized spacial score (nSPS) is 10.5. The molecule has 0 radical (unpaired) electrons. The predicted octanol–water partition coefficient (Wildman–Crippen LogP) is 3.19. The second-order valence-electron chi connectivity index (χ2n) is 6.01. The van der Waals surface area contributed by atoms with Crippen molar-refractivity contribution < 1.29 is 14.6 Å². The van der Waals surface area contributed by atoms with Gasteiger partial charge in [-0.25, -0.2) is 0 Å². The quantitative estimate of drug-likeness (QED) is 0.821. The van der Waals surface area contributed by atoms with E-state index in [2.05, 4.69) is 18.3 Å². The van der Waals surface area contributed by atoms with E-state index in [4.69, 9.17) is 4.74 Å². The average Bonchev–Trinajstić information content (AvgIpc) is 2.57. The maximum absolute atomic E-state index is 12.0. The Balaban J connectivity index is 1.82. The molecule has 4 nitrogen and oxygen atoms in total. The van der Waals surface area contributed by atoms with Crippen molar-refractivity contribution in [1.29, 1.82) is 0 Å². The molecule has 2 rings (SSSR count). The third-order valence-corrected chi connectivity index (χ3v) is 4.12. The molecule has 2 N–H and O–H groups in total. The summed E-state index contributed by atoms with van der Waals surface area (Å²) in [5.41, 5.74) is 5.21. The highest BCUT2D eigenvalue weighted by Gasteiger charge is 2.07. The van der Waals surface area contributed by atoms with Crippen LogP contribution in [-0.4, -0.2) is 17.6 Å². The summed E-state index contributed by atoms with van der Waals surface area (Å²) in [4.78, 5) is 12.0. The van der Waals surface area contributed by atoms with Crippen LogP contribution in [0.25, 0.3) is 0 Å². The lowest BCUT2D eigenvalue weighted by atomic mass is 10.1. The van der Waals surface area contributed by atoms with E-state index < -0.39 is 0 Å². The van der Waals surface area contributed by atoms with E-state index in [1.54, 1.807) is 0 Å². The van der Waals surface area contributed by atoms with Gasteiger partial charge in [0.25, 0.3) is 0 Å². The second-order valence-corrected chi connectivity index (χ2v) is 6.01. The topological polar surface area (TPSA) is 58.6 Å². The molecule has 1 amide bonds. The molecular formula is C20H25NO3. The van der Waals surface area contributed by atoms with Crippen molar-refractivity contribution in [3.63, 3.8) is 0 Å². The van der Waals surface area contributed by atoms with Gasteiger partial charge in [0, 0.05) is 6.54 Å². The van der Waals surface area contributed by atoms with Gasteiger partial charge in [-0.05, 0) is 54.7 Å². The first-order valence-corrected chi connectivity index (χ1v) is 8.16. The van der Waals surface area contributed by atoms with Crippen LogP contribution < -0.4 is 10.1 Å². The molecule has 2 aromatic rings. The molecule has 0 bridgehead atoms. The smallest absolute Gasteiger partial charge is 0.223 e. The summed E-state index contributed by atoms with van der Waals surface area (Å²) in [7, 11) is 0. The molecule has 128 valence electrons. The van der Waals surface area contributed by atoms with Crippen LogP contribution in [-0.2, 0) is 17.9 Å². The van der Waals surface area contributed by atoms with Crippen LogP contribution in [0.5, 0.6) is 5.75 Å². The lowest BCUT2D eigenvalue weighted by Gasteiger charge is -2.13. The van der Waals surface area contributed by atoms with E-state index in [1.807, 2.05) is 44.2 Å². The van der Waals surface area contributed by atoms with Crippen molar-refractivity contribution >= 4 is 5.91 Å². The van der Waals surface area contributed by atoms with Crippen molar-refractivity contribution in [3.8, 4) is 5.75 Å². The molecule has 0 aliphatic rings. The molecule has 0 spiro atoms. The van der Waals surface area contributed by atoms with Gasteiger partial charge in [0.15, 0.2) is 0 Å². The summed E-state index contributed by atoms with van der Waals surface area (Å²) in [5, 5.41) is 12.2. The van der Waals surface area contributed by atoms with Crippen LogP contribution in [0.1, 0.15) is 34.2 Å². The minimum absolute atomic E-state index is 0.0266. The molecule has 4 heteroatoms. The summed E-state index contributed by atoms with van der Waals surface area (Å²) in [6, 6.07) is 11.6. The number of ether oxygens (including phenoxy) is 1. The predicted molar refractivity (Wildman–Crippen MR) is 95.0 cm³/mol. The number of hydrogen-bond acceptors (Lipinski definition) is 3. The Kier molecular flexibility index (Phi) is 6.38. The van der Waals surface area contributed by atoms with Crippen molar-refractivity contribution in [1.82, 2.24) is 5.32 Å². The molecule has 0 aliphatic heterocycles. The first kappa shape index (κ1) is 18.0. The third-order valence-electron chi connectivity index (χ3n) is 4.12. The maximum Gasteiger partial charge on any atom is 0.223 e. The molecule has 2 aromatic carbocycles. The van der Waals surface area contributed by atoms with Gasteiger partial charge in [0.05, 0.1) is 19.6 Å². The van der Waals surface area contributed by atoms with Crippen LogP contribution in [0.3, 0.4) is 0 Å². The lowest BCUT2D eigenvalue weighted by molar-refractivity contribution is -0.121. The maximum atomic E-state index is 12.0. The van der Waals surface area contributed by atoms with E-state index >= 15 is 0 Å². The summed E-state index contributed by atoms with van der Waals surface area (Å²) < 4.78 is 5.77. The Labute approximate surface area is 143 Å². The number of carbonyl (C=O) groups is 1. The monoisotopic (exact) mass is 327 g/mol. The minimum Gasteiger partial charge on any atom is -0.493 e. The first-order valence-electron chi connectivity index (χ1n) is 8.16. The highest BCUT2D eigenvalue weighted by atomic mass is 16.5. The number of hydrogen-bond donors (Lipinski definition) is 2. The van der Waals surface area contributed by atoms with Crippen LogP contribution in [0.2, 0.25) is 0 Å². The number of nitrogens with one attached hydrogen (secondary N) is 1. The fraction of sp³-hybridized carbons (Fsp3) is 0.350. The van der Waals surface area contributed by atoms with E-state index in [0.717, 1.165) is 28.0 Å². The summed E-state index contributed by atoms with van der Waals surface area (Å²) in [5.74, 6) is 0.774. The third kappa shape index (κ3) is 4.83. The number of aliphatic hydroxyl groups is 1. The number of rotatable bonds is 7. The molecule has 0 heterocycles. The number of aryl methyl sites for hydroxylation is 2. The van der Waals surface area contributed by atoms with Gasteiger partial charge in [-0.1, -0.05) is 30.3 Å². The lowest BCUT2D eigenvalue weighted by Crippen LogP contribution is -2.25. The number of benzene rings is 2. The van der Waals surface area contributed by atoms with Gasteiger partial charge < -0.3 is 15.2 Å². The molecule has 0 saturated carbocycles. The Morgan fingerprint density at radius 3 is 2.54 bits per heavy atom. The van der Waals surface area contributed by atoms with Crippen LogP contribution in [0.15, 0.2) is 36.4 Å². The highest BCUT2D eigenvalue weighted by Crippen LogP contribution is 2.23. The largest absolute Gasteiger partial charge is 0.493 e. The zero-order chi connectivity index (χ0) is 17.5. The molecule has 24 heavy (non-hydrogen) atoms. The molecule has 0 saturated heterocycles. The zero-order valence-corrected chi connectivity index (χ0v) is 14.6. The van der Waals surface area contributed by atoms with Gasteiger partial charge in [-0.3, -0.25) is 4.79 Å². The van der Waals surface area contributed by atoms with Crippen LogP contribution in [0, 0.1) is 20.8 Å². The summed E-state index contributed by atoms with van der Waals surface area (Å²) in [6.07, 6.45) is 0.299. The summed E-state index contributed by atoms with van der Waals surface area (Å²) in [6.45, 7) is 6.84. The van der Waals surface area contributed by atoms with Gasteiger partial charge in [0.1, 0.15) is 5.75 Å². The fourth-order valence-corrected chi connectivity index (χ4v) is 2.57. The molecular weight excluding hydrogens is 302 g/mol. The number of carbonyl (C=O) groups excluding carboxylic acids is 1. The molecule has 0 unspecified atom stereocenters. The van der Waals surface area contributed by atoms with Gasteiger partial charge in [-0.2, -0.15) is 0 Å². The SMILES string of the molecule is Cc1cc(C)c(C)c(OCCC(=O)NCc2ccccc2CO)c1. The second kappa shape index (κ2) is 8.50. The molecule has 0 atom stereocenters. The number of amides is 1. The molecule has 0 fully saturated rings. The Morgan fingerprint density at radius 2 is 1.83 bits per heavy atom. The van der Waals surface area contributed by atoms with Crippen molar-refractivity contribution in [2.75, 3.05) is 6.61 Å². The van der Waals surface area contributed by atoms with Crippen LogP contribution in [0.4, 0.5) is 0 Å². The van der Waals surface area contributed by atoms with Gasteiger partial charge in [-0.15, -0.1) is 0 Å². The van der Waals surface area contributed by atoms with E-state index in [9.17, 15) is 9.90 Å².